The molecular formula is C22H33F. The zero-order chi connectivity index (χ0) is 16.4. The first kappa shape index (κ1) is 15.9. The van der Waals surface area contributed by atoms with Crippen LogP contribution in [0, 0.1) is 34.5 Å². The van der Waals surface area contributed by atoms with Gasteiger partial charge in [-0.1, -0.05) is 37.6 Å². The Kier molecular flexibility index (Phi) is 3.60. The molecule has 4 aliphatic carbocycles. The molecule has 3 fully saturated rings. The molecule has 0 aromatic rings. The average Bonchev–Trinajstić information content (AvgIpc) is 2.85. The smallest absolute Gasteiger partial charge is 0.104 e. The zero-order valence-corrected chi connectivity index (χ0v) is 15.2. The summed E-state index contributed by atoms with van der Waals surface area (Å²) in [6, 6.07) is 0. The maximum absolute atomic E-state index is 13.9. The quantitative estimate of drug-likeness (QED) is 0.486. The number of fused-ring (bicyclic) bond motifs is 5. The van der Waals surface area contributed by atoms with Gasteiger partial charge in [0.1, 0.15) is 6.17 Å². The van der Waals surface area contributed by atoms with Crippen LogP contribution in [0.25, 0.3) is 0 Å². The second-order valence-electron chi connectivity index (χ2n) is 9.62. The summed E-state index contributed by atoms with van der Waals surface area (Å²) in [4.78, 5) is 0. The first-order valence-electron chi connectivity index (χ1n) is 9.85. The Labute approximate surface area is 141 Å². The molecule has 0 amide bonds. The monoisotopic (exact) mass is 316 g/mol. The highest BCUT2D eigenvalue weighted by molar-refractivity contribution is 5.26. The van der Waals surface area contributed by atoms with Gasteiger partial charge in [-0.3, -0.25) is 0 Å². The van der Waals surface area contributed by atoms with Gasteiger partial charge in [0.25, 0.3) is 0 Å². The molecule has 0 saturated heterocycles. The molecule has 0 aromatic heterocycles. The molecule has 0 bridgehead atoms. The van der Waals surface area contributed by atoms with E-state index in [9.17, 15) is 4.39 Å². The fourth-order valence-corrected chi connectivity index (χ4v) is 7.43. The molecule has 0 aromatic carbocycles. The van der Waals surface area contributed by atoms with Gasteiger partial charge in [0, 0.05) is 6.42 Å². The van der Waals surface area contributed by atoms with Crippen LogP contribution in [0.5, 0.6) is 0 Å². The zero-order valence-electron chi connectivity index (χ0n) is 15.2. The van der Waals surface area contributed by atoms with E-state index >= 15 is 0 Å². The van der Waals surface area contributed by atoms with Gasteiger partial charge >= 0.3 is 0 Å². The van der Waals surface area contributed by atoms with Gasteiger partial charge in [0.2, 0.25) is 0 Å². The van der Waals surface area contributed by atoms with E-state index in [1.54, 1.807) is 0 Å². The number of rotatable bonds is 1. The van der Waals surface area contributed by atoms with Crippen molar-refractivity contribution in [3.05, 3.63) is 23.8 Å². The molecule has 0 nitrogen and oxygen atoms in total. The summed E-state index contributed by atoms with van der Waals surface area (Å²) in [5.41, 5.74) is 3.65. The number of hydrogen-bond acceptors (Lipinski definition) is 0. The highest BCUT2D eigenvalue weighted by Crippen LogP contribution is 2.67. The fraction of sp³-hybridized carbons (Fsp3) is 0.818. The number of hydrogen-bond donors (Lipinski definition) is 0. The van der Waals surface area contributed by atoms with Gasteiger partial charge in [-0.15, -0.1) is 0 Å². The molecule has 1 heteroatoms. The normalized spacial score (nSPS) is 52.2. The Morgan fingerprint density at radius 1 is 1.13 bits per heavy atom. The van der Waals surface area contributed by atoms with Crippen molar-refractivity contribution in [2.24, 2.45) is 34.5 Å². The third-order valence-corrected chi connectivity index (χ3v) is 8.64. The summed E-state index contributed by atoms with van der Waals surface area (Å²) in [6.45, 7) is 11.6. The van der Waals surface area contributed by atoms with E-state index in [-0.39, 0.29) is 0 Å². The molecule has 128 valence electrons. The van der Waals surface area contributed by atoms with Gasteiger partial charge in [-0.05, 0) is 86.4 Å². The van der Waals surface area contributed by atoms with Crippen molar-refractivity contribution in [2.45, 2.75) is 78.3 Å². The molecule has 7 atom stereocenters. The molecule has 3 saturated carbocycles. The summed E-state index contributed by atoms with van der Waals surface area (Å²) >= 11 is 0. The first-order valence-corrected chi connectivity index (χ1v) is 9.85. The van der Waals surface area contributed by atoms with E-state index in [1.165, 1.54) is 43.3 Å². The van der Waals surface area contributed by atoms with Gasteiger partial charge in [0.05, 0.1) is 0 Å². The molecule has 4 aliphatic rings. The van der Waals surface area contributed by atoms with Crippen LogP contribution in [0.1, 0.15) is 72.1 Å². The lowest BCUT2D eigenvalue weighted by Gasteiger charge is -2.58. The summed E-state index contributed by atoms with van der Waals surface area (Å²) < 4.78 is 13.9. The summed E-state index contributed by atoms with van der Waals surface area (Å²) in [6.07, 6.45) is 11.1. The molecule has 0 spiro atoms. The predicted octanol–water partition coefficient (Wildman–Crippen LogP) is 6.48. The van der Waals surface area contributed by atoms with Gasteiger partial charge < -0.3 is 0 Å². The fourth-order valence-electron chi connectivity index (χ4n) is 7.43. The topological polar surface area (TPSA) is 0 Å². The highest BCUT2D eigenvalue weighted by atomic mass is 19.1. The van der Waals surface area contributed by atoms with Crippen molar-refractivity contribution < 1.29 is 4.39 Å². The third-order valence-electron chi connectivity index (χ3n) is 8.64. The van der Waals surface area contributed by atoms with Crippen LogP contribution in [-0.4, -0.2) is 6.17 Å². The van der Waals surface area contributed by atoms with Crippen LogP contribution in [-0.2, 0) is 0 Å². The Bertz CT molecular complexity index is 546. The van der Waals surface area contributed by atoms with Crippen LogP contribution < -0.4 is 0 Å². The third kappa shape index (κ3) is 2.14. The standard InChI is InChI=1S/C22H33F/c1-14(2)18-7-8-19-17-6-5-15-13-16(23)9-11-21(15,3)20(17)10-12-22(18,19)4/h5,16-20H,1,6-13H2,2-4H3/t16?,17-,18?,19?,20?,21?,22?/m1/s1. The summed E-state index contributed by atoms with van der Waals surface area (Å²) in [5.74, 6) is 3.23. The lowest BCUT2D eigenvalue weighted by Crippen LogP contribution is -2.50. The second kappa shape index (κ2) is 5.20. The van der Waals surface area contributed by atoms with E-state index in [0.29, 0.717) is 10.8 Å². The van der Waals surface area contributed by atoms with Crippen LogP contribution >= 0.6 is 0 Å². The van der Waals surface area contributed by atoms with Gasteiger partial charge in [-0.2, -0.15) is 0 Å². The van der Waals surface area contributed by atoms with E-state index in [4.69, 9.17) is 0 Å². The largest absolute Gasteiger partial charge is 0.247 e. The molecule has 0 radical (unpaired) electrons. The van der Waals surface area contributed by atoms with Crippen molar-refractivity contribution in [2.75, 3.05) is 0 Å². The molecule has 6 unspecified atom stereocenters. The van der Waals surface area contributed by atoms with E-state index in [0.717, 1.165) is 42.9 Å². The van der Waals surface area contributed by atoms with Gasteiger partial charge in [0.15, 0.2) is 0 Å². The van der Waals surface area contributed by atoms with E-state index in [1.807, 2.05) is 0 Å². The highest BCUT2D eigenvalue weighted by Gasteiger charge is 2.58. The van der Waals surface area contributed by atoms with Crippen LogP contribution in [0.2, 0.25) is 0 Å². The molecular weight excluding hydrogens is 283 g/mol. The predicted molar refractivity (Wildman–Crippen MR) is 94.9 cm³/mol. The minimum Gasteiger partial charge on any atom is -0.247 e. The number of alkyl halides is 1. The second-order valence-corrected chi connectivity index (χ2v) is 9.62. The SMILES string of the molecule is C=C(C)C1CCC2[C@H]3CC=C4CC(F)CCC4(C)C3CCC12C. The van der Waals surface area contributed by atoms with E-state index < -0.39 is 6.17 Å². The molecule has 0 N–H and O–H groups in total. The lowest BCUT2D eigenvalue weighted by atomic mass is 9.47. The molecule has 23 heavy (non-hydrogen) atoms. The minimum absolute atomic E-state index is 0.300. The number of allylic oxidation sites excluding steroid dienone is 3. The van der Waals surface area contributed by atoms with Crippen molar-refractivity contribution in [1.29, 1.82) is 0 Å². The van der Waals surface area contributed by atoms with Crippen LogP contribution in [0.4, 0.5) is 4.39 Å². The lowest BCUT2D eigenvalue weighted by molar-refractivity contribution is -0.0406. The molecule has 4 rings (SSSR count). The maximum Gasteiger partial charge on any atom is 0.104 e. The van der Waals surface area contributed by atoms with Crippen LogP contribution in [0.15, 0.2) is 23.8 Å². The Morgan fingerprint density at radius 2 is 1.91 bits per heavy atom. The Morgan fingerprint density at radius 3 is 2.65 bits per heavy atom. The molecule has 0 heterocycles. The van der Waals surface area contributed by atoms with Crippen LogP contribution in [0.3, 0.4) is 0 Å². The maximum atomic E-state index is 13.9. The van der Waals surface area contributed by atoms with Crippen molar-refractivity contribution in [1.82, 2.24) is 0 Å². The Hall–Kier alpha value is -0.590. The molecule has 0 aliphatic heterocycles. The Balaban J connectivity index is 1.66. The summed E-state index contributed by atoms with van der Waals surface area (Å²) in [5, 5.41) is 0. The average molecular weight is 317 g/mol. The first-order chi connectivity index (χ1) is 10.9. The van der Waals surface area contributed by atoms with Crippen molar-refractivity contribution in [3.63, 3.8) is 0 Å². The van der Waals surface area contributed by atoms with E-state index in [2.05, 4.69) is 33.4 Å². The van der Waals surface area contributed by atoms with Crippen molar-refractivity contribution in [3.8, 4) is 0 Å². The summed E-state index contributed by atoms with van der Waals surface area (Å²) in [7, 11) is 0. The van der Waals surface area contributed by atoms with Gasteiger partial charge in [-0.25, -0.2) is 4.39 Å². The number of halogens is 1. The minimum atomic E-state index is -0.584. The van der Waals surface area contributed by atoms with Crippen molar-refractivity contribution >= 4 is 0 Å².